The summed E-state index contributed by atoms with van der Waals surface area (Å²) in [6.45, 7) is 3.77. The first-order chi connectivity index (χ1) is 14.9. The van der Waals surface area contributed by atoms with Crippen LogP contribution in [0.2, 0.25) is 0 Å². The maximum Gasteiger partial charge on any atom is 0.266 e. The number of benzene rings is 1. The van der Waals surface area contributed by atoms with Gasteiger partial charge in [0, 0.05) is 30.9 Å². The quantitative estimate of drug-likeness (QED) is 0.609. The van der Waals surface area contributed by atoms with Crippen molar-refractivity contribution in [1.29, 1.82) is 5.26 Å². The van der Waals surface area contributed by atoms with E-state index in [2.05, 4.69) is 15.3 Å². The van der Waals surface area contributed by atoms with Gasteiger partial charge in [-0.25, -0.2) is 9.37 Å². The zero-order valence-electron chi connectivity index (χ0n) is 17.2. The number of pyridine rings is 2. The lowest BCUT2D eigenvalue weighted by Gasteiger charge is -2.11. The molecule has 0 fully saturated rings. The molecule has 2 N–H and O–H groups in total. The molecule has 2 heterocycles. The molecule has 0 unspecified atom stereocenters. The van der Waals surface area contributed by atoms with Gasteiger partial charge < -0.3 is 15.0 Å². The predicted octanol–water partition coefficient (Wildman–Crippen LogP) is 3.44. The molecular weight excluding hydrogens is 399 g/mol. The topological polar surface area (TPSA) is 108 Å². The van der Waals surface area contributed by atoms with Gasteiger partial charge in [-0.3, -0.25) is 9.59 Å². The lowest BCUT2D eigenvalue weighted by atomic mass is 9.99. The van der Waals surface area contributed by atoms with E-state index in [-0.39, 0.29) is 23.7 Å². The number of carbonyl (C=O) groups is 1. The van der Waals surface area contributed by atoms with E-state index in [0.29, 0.717) is 35.9 Å². The number of aryl methyl sites for hydroxylation is 1. The number of nitrogens with one attached hydrogen (secondary N) is 2. The molecule has 7 nitrogen and oxygen atoms in total. The number of H-pyrrole nitrogens is 1. The Morgan fingerprint density at radius 3 is 2.61 bits per heavy atom. The summed E-state index contributed by atoms with van der Waals surface area (Å²) < 4.78 is 18.5. The number of carbonyl (C=O) groups excluding carboxylic acids is 1. The number of aromatic nitrogens is 2. The number of aromatic amines is 1. The second-order valence-corrected chi connectivity index (χ2v) is 7.01. The van der Waals surface area contributed by atoms with Crippen molar-refractivity contribution in [2.24, 2.45) is 0 Å². The van der Waals surface area contributed by atoms with Gasteiger partial charge in [0.15, 0.2) is 0 Å². The lowest BCUT2D eigenvalue weighted by Crippen LogP contribution is -2.24. The van der Waals surface area contributed by atoms with Crippen LogP contribution in [0.3, 0.4) is 0 Å². The third kappa shape index (κ3) is 5.54. The van der Waals surface area contributed by atoms with Crippen LogP contribution in [0.15, 0.2) is 47.4 Å². The minimum atomic E-state index is -0.412. The first kappa shape index (κ1) is 21.7. The van der Waals surface area contributed by atoms with Crippen LogP contribution in [-0.4, -0.2) is 15.9 Å². The Morgan fingerprint density at radius 2 is 1.97 bits per heavy atom. The monoisotopic (exact) mass is 420 g/mol. The van der Waals surface area contributed by atoms with Crippen LogP contribution in [0.25, 0.3) is 0 Å². The van der Waals surface area contributed by atoms with E-state index in [0.717, 1.165) is 11.1 Å². The summed E-state index contributed by atoms with van der Waals surface area (Å²) in [6, 6.07) is 11.0. The summed E-state index contributed by atoms with van der Waals surface area (Å²) in [6.07, 6.45) is 2.23. The predicted molar refractivity (Wildman–Crippen MR) is 112 cm³/mol. The molecule has 0 atom stereocenters. The molecule has 0 saturated heterocycles. The highest BCUT2D eigenvalue weighted by atomic mass is 19.1. The van der Waals surface area contributed by atoms with E-state index in [1.165, 1.54) is 24.3 Å². The van der Waals surface area contributed by atoms with Crippen molar-refractivity contribution in [3.63, 3.8) is 0 Å². The van der Waals surface area contributed by atoms with Crippen LogP contribution in [0.4, 0.5) is 4.39 Å². The molecule has 0 aliphatic carbocycles. The molecule has 2 aromatic heterocycles. The zero-order chi connectivity index (χ0) is 22.4. The summed E-state index contributed by atoms with van der Waals surface area (Å²) in [4.78, 5) is 30.9. The molecule has 0 aliphatic rings. The molecule has 1 amide bonds. The van der Waals surface area contributed by atoms with Crippen molar-refractivity contribution in [2.45, 2.75) is 33.2 Å². The molecule has 31 heavy (non-hydrogen) atoms. The van der Waals surface area contributed by atoms with Crippen LogP contribution in [0.1, 0.15) is 34.4 Å². The average molecular weight is 420 g/mol. The number of nitrogens with zero attached hydrogens (tertiary/aromatic N) is 2. The molecule has 0 saturated carbocycles. The van der Waals surface area contributed by atoms with Gasteiger partial charge in [0.1, 0.15) is 23.2 Å². The number of hydrogen-bond acceptors (Lipinski definition) is 5. The van der Waals surface area contributed by atoms with Gasteiger partial charge in [0.2, 0.25) is 11.8 Å². The molecule has 0 aliphatic heterocycles. The molecule has 3 aromatic rings. The van der Waals surface area contributed by atoms with E-state index in [9.17, 15) is 14.0 Å². The van der Waals surface area contributed by atoms with Gasteiger partial charge in [-0.15, -0.1) is 0 Å². The lowest BCUT2D eigenvalue weighted by molar-refractivity contribution is -0.121. The second-order valence-electron chi connectivity index (χ2n) is 7.01. The van der Waals surface area contributed by atoms with Crippen LogP contribution in [-0.2, 0) is 17.8 Å². The SMILES string of the molecule is Cc1[nH]c(=O)c(C#N)c(C)c1CCC(=O)NCc1ccc(Oc2ccc(F)cc2)nc1. The Kier molecular flexibility index (Phi) is 6.78. The van der Waals surface area contributed by atoms with Crippen LogP contribution in [0.5, 0.6) is 11.6 Å². The molecule has 0 spiro atoms. The summed E-state index contributed by atoms with van der Waals surface area (Å²) in [7, 11) is 0. The Bertz CT molecular complexity index is 1180. The summed E-state index contributed by atoms with van der Waals surface area (Å²) in [5.74, 6) is 0.333. The van der Waals surface area contributed by atoms with Crippen molar-refractivity contribution in [3.05, 3.63) is 86.7 Å². The number of rotatable bonds is 7. The van der Waals surface area contributed by atoms with E-state index in [4.69, 9.17) is 10.00 Å². The van der Waals surface area contributed by atoms with Crippen molar-refractivity contribution in [2.75, 3.05) is 0 Å². The maximum absolute atomic E-state index is 12.9. The first-order valence-electron chi connectivity index (χ1n) is 9.65. The average Bonchev–Trinajstić information content (AvgIpc) is 2.75. The Balaban J connectivity index is 1.53. The Morgan fingerprint density at radius 1 is 1.23 bits per heavy atom. The smallest absolute Gasteiger partial charge is 0.266 e. The molecule has 0 bridgehead atoms. The number of ether oxygens (including phenoxy) is 1. The fourth-order valence-corrected chi connectivity index (χ4v) is 3.15. The van der Waals surface area contributed by atoms with Crippen molar-refractivity contribution < 1.29 is 13.9 Å². The van der Waals surface area contributed by atoms with Crippen molar-refractivity contribution in [3.8, 4) is 17.7 Å². The van der Waals surface area contributed by atoms with Gasteiger partial charge in [-0.1, -0.05) is 6.07 Å². The minimum Gasteiger partial charge on any atom is -0.439 e. The van der Waals surface area contributed by atoms with Crippen molar-refractivity contribution >= 4 is 5.91 Å². The third-order valence-electron chi connectivity index (χ3n) is 4.85. The number of halogens is 1. The summed E-state index contributed by atoms with van der Waals surface area (Å²) in [5, 5.41) is 12.0. The van der Waals surface area contributed by atoms with E-state index >= 15 is 0 Å². The molecule has 1 aromatic carbocycles. The molecule has 0 radical (unpaired) electrons. The van der Waals surface area contributed by atoms with Gasteiger partial charge in [-0.05, 0) is 61.2 Å². The van der Waals surface area contributed by atoms with E-state index in [1.807, 2.05) is 6.07 Å². The highest BCUT2D eigenvalue weighted by Gasteiger charge is 2.13. The largest absolute Gasteiger partial charge is 0.439 e. The first-order valence-corrected chi connectivity index (χ1v) is 9.65. The molecule has 3 rings (SSSR count). The summed E-state index contributed by atoms with van der Waals surface area (Å²) >= 11 is 0. The van der Waals surface area contributed by atoms with Gasteiger partial charge in [0.05, 0.1) is 0 Å². The normalized spacial score (nSPS) is 10.4. The fraction of sp³-hybridized carbons (Fsp3) is 0.217. The number of nitriles is 1. The zero-order valence-corrected chi connectivity index (χ0v) is 17.2. The standard InChI is InChI=1S/C23H21FN4O3/c1-14-19(15(2)28-23(30)20(14)11-25)8-9-21(29)26-12-16-3-10-22(27-13-16)31-18-6-4-17(24)5-7-18/h3-7,10,13H,8-9,12H2,1-2H3,(H,26,29)(H,28,30). The maximum atomic E-state index is 12.9. The van der Waals surface area contributed by atoms with Crippen LogP contribution >= 0.6 is 0 Å². The molecular formula is C23H21FN4O3. The van der Waals surface area contributed by atoms with Crippen LogP contribution in [0, 0.1) is 31.0 Å². The Labute approximate surface area is 178 Å². The van der Waals surface area contributed by atoms with Gasteiger partial charge in [0.25, 0.3) is 5.56 Å². The van der Waals surface area contributed by atoms with Crippen molar-refractivity contribution in [1.82, 2.24) is 15.3 Å². The Hall–Kier alpha value is -3.99. The minimum absolute atomic E-state index is 0.0787. The number of hydrogen-bond donors (Lipinski definition) is 2. The van der Waals surface area contributed by atoms with Gasteiger partial charge in [-0.2, -0.15) is 5.26 Å². The molecule has 8 heteroatoms. The third-order valence-corrected chi connectivity index (χ3v) is 4.85. The fourth-order valence-electron chi connectivity index (χ4n) is 3.15. The highest BCUT2D eigenvalue weighted by Crippen LogP contribution is 2.19. The van der Waals surface area contributed by atoms with Crippen LogP contribution < -0.4 is 15.6 Å². The van der Waals surface area contributed by atoms with Gasteiger partial charge >= 0.3 is 0 Å². The van der Waals surface area contributed by atoms with E-state index < -0.39 is 5.56 Å². The highest BCUT2D eigenvalue weighted by molar-refractivity contribution is 5.76. The number of amides is 1. The summed E-state index contributed by atoms with van der Waals surface area (Å²) in [5.41, 5.74) is 2.53. The second kappa shape index (κ2) is 9.67. The molecule has 158 valence electrons. The van der Waals surface area contributed by atoms with E-state index in [1.54, 1.807) is 32.2 Å².